The maximum Gasteiger partial charge on any atom is 0.209 e. The van der Waals surface area contributed by atoms with Crippen LogP contribution in [0.3, 0.4) is 0 Å². The zero-order valence-corrected chi connectivity index (χ0v) is 22.0. The van der Waals surface area contributed by atoms with Crippen LogP contribution < -0.4 is 10.6 Å². The normalized spacial score (nSPS) is 15.0. The first-order valence-electron chi connectivity index (χ1n) is 10.1. The van der Waals surface area contributed by atoms with Gasteiger partial charge in [-0.25, -0.2) is 0 Å². The van der Waals surface area contributed by atoms with Crippen LogP contribution in [0.4, 0.5) is 0 Å². The maximum atomic E-state index is 12.4. The first-order chi connectivity index (χ1) is 14.6. The van der Waals surface area contributed by atoms with Gasteiger partial charge in [0, 0.05) is 51.4 Å². The van der Waals surface area contributed by atoms with Crippen molar-refractivity contribution >= 4 is 67.4 Å². The average molecular weight is 512 g/mol. The van der Waals surface area contributed by atoms with E-state index in [0.717, 1.165) is 12.8 Å². The van der Waals surface area contributed by atoms with Crippen molar-refractivity contribution in [2.45, 2.75) is 63.7 Å². The minimum absolute atomic E-state index is 0.0206. The topological polar surface area (TPSA) is 98.8 Å². The van der Waals surface area contributed by atoms with Gasteiger partial charge in [0.2, 0.25) is 12.8 Å². The molecule has 2 amide bonds. The summed E-state index contributed by atoms with van der Waals surface area (Å²) in [5.41, 5.74) is 0. The molecule has 0 saturated carbocycles. The molecule has 0 aromatic heterocycles. The summed E-state index contributed by atoms with van der Waals surface area (Å²) >= 11 is 14.3. The second-order valence-corrected chi connectivity index (χ2v) is 11.9. The summed E-state index contributed by atoms with van der Waals surface area (Å²) in [5, 5.41) is 6.15. The molecule has 0 aliphatic carbocycles. The van der Waals surface area contributed by atoms with Gasteiger partial charge in [0.1, 0.15) is 11.6 Å². The van der Waals surface area contributed by atoms with Crippen molar-refractivity contribution in [2.75, 3.05) is 32.3 Å². The molecule has 0 aliphatic rings. The van der Waals surface area contributed by atoms with Gasteiger partial charge in [-0.05, 0) is 26.7 Å². The van der Waals surface area contributed by atoms with Crippen LogP contribution >= 0.6 is 12.6 Å². The summed E-state index contributed by atoms with van der Waals surface area (Å²) in [6.07, 6.45) is 3.18. The van der Waals surface area contributed by atoms with E-state index in [4.69, 9.17) is 22.4 Å². The van der Waals surface area contributed by atoms with Crippen molar-refractivity contribution in [3.63, 3.8) is 0 Å². The van der Waals surface area contributed by atoms with E-state index in [2.05, 4.69) is 23.3 Å². The highest BCUT2D eigenvalue weighted by Gasteiger charge is 2.19. The van der Waals surface area contributed by atoms with Crippen molar-refractivity contribution in [3.05, 3.63) is 0 Å². The Morgan fingerprint density at radius 2 is 1.35 bits per heavy atom. The van der Waals surface area contributed by atoms with Gasteiger partial charge < -0.3 is 17.8 Å². The van der Waals surface area contributed by atoms with Crippen LogP contribution in [0.25, 0.3) is 0 Å². The lowest BCUT2D eigenvalue weighted by atomic mass is 10.0. The first kappa shape index (κ1) is 30.3. The van der Waals surface area contributed by atoms with Gasteiger partial charge in [0.25, 0.3) is 0 Å². The fourth-order valence-electron chi connectivity index (χ4n) is 2.80. The van der Waals surface area contributed by atoms with Crippen molar-refractivity contribution < 1.29 is 19.2 Å². The van der Waals surface area contributed by atoms with E-state index in [1.54, 1.807) is 27.9 Å². The molecular weight excluding hydrogens is 477 g/mol. The Hall–Kier alpha value is -0.660. The van der Waals surface area contributed by atoms with Crippen LogP contribution in [0.15, 0.2) is 0 Å². The average Bonchev–Trinajstić information content (AvgIpc) is 2.74. The molecule has 0 fully saturated rings. The maximum absolute atomic E-state index is 12.4. The summed E-state index contributed by atoms with van der Waals surface area (Å²) in [6, 6.07) is -0.981. The number of rotatable bonds is 19. The fourth-order valence-corrected chi connectivity index (χ4v) is 4.90. The molecule has 0 heterocycles. The summed E-state index contributed by atoms with van der Waals surface area (Å²) in [6.45, 7) is 3.85. The molecule has 0 rings (SSSR count). The fraction of sp³-hybridized carbons (Fsp3) is 0.789. The van der Waals surface area contributed by atoms with Gasteiger partial charge >= 0.3 is 0 Å². The van der Waals surface area contributed by atoms with Crippen molar-refractivity contribution in [2.24, 2.45) is 0 Å². The molecule has 8 nitrogen and oxygen atoms in total. The number of hydrogen-bond acceptors (Lipinski definition) is 10. The Bertz CT molecular complexity index is 655. The number of carbonyl (C=O) groups is 4. The van der Waals surface area contributed by atoms with Gasteiger partial charge in [-0.1, -0.05) is 5.75 Å². The van der Waals surface area contributed by atoms with E-state index in [1.807, 2.05) is 0 Å². The molecule has 0 aliphatic heterocycles. The number of carbonyl (C=O) groups excluding carboxylic acids is 4. The van der Waals surface area contributed by atoms with E-state index < -0.39 is 14.1 Å². The van der Waals surface area contributed by atoms with E-state index in [-0.39, 0.29) is 29.7 Å². The number of hydrogen-bond donors (Lipinski definition) is 3. The number of amides is 2. The van der Waals surface area contributed by atoms with Gasteiger partial charge in [0.05, 0.1) is 12.1 Å². The van der Waals surface area contributed by atoms with Crippen molar-refractivity contribution in [1.82, 2.24) is 20.4 Å². The quantitative estimate of drug-likeness (QED) is 0.0964. The largest absolute Gasteiger partial charge is 0.347 e. The third-order valence-corrected chi connectivity index (χ3v) is 7.15. The number of ketones is 2. The molecule has 0 aromatic carbocycles. The monoisotopic (exact) mass is 511 g/mol. The summed E-state index contributed by atoms with van der Waals surface area (Å²) in [5.74, 6) is 1.07. The summed E-state index contributed by atoms with van der Waals surface area (Å²) < 4.78 is 0. The molecule has 0 radical (unpaired) electrons. The standard InChI is InChI=1S/C19H35N4O4S4/c1-14(18(26)7-5-16(9-28)22(3)12-24)20-11-21-15(2)19(27)8-6-17(10-31(29)30)23(4)13-25/h12-17,20-21,28H,5-11H2,1-4H3/q-1/t14-,15+,16?,17?/m0/s1. The number of thiol groups is 1. The second-order valence-electron chi connectivity index (χ2n) is 7.54. The predicted molar refractivity (Wildman–Crippen MR) is 135 cm³/mol. The zero-order chi connectivity index (χ0) is 24.0. The van der Waals surface area contributed by atoms with Gasteiger partial charge in [0.15, 0.2) is 0 Å². The highest BCUT2D eigenvalue weighted by molar-refractivity contribution is 8.46. The van der Waals surface area contributed by atoms with E-state index in [0.29, 0.717) is 43.9 Å². The third kappa shape index (κ3) is 12.8. The molecule has 180 valence electrons. The molecule has 0 aromatic rings. The SMILES string of the molecule is C[C@H](NCN[C@H](C)C(=O)CCC(C[S-](=S)=S)N(C)C=O)C(=O)CCC(CS)N(C)C=O. The van der Waals surface area contributed by atoms with Crippen LogP contribution in [0, 0.1) is 0 Å². The molecule has 31 heavy (non-hydrogen) atoms. The minimum atomic E-state index is -0.644. The highest BCUT2D eigenvalue weighted by atomic mass is 33.1. The summed E-state index contributed by atoms with van der Waals surface area (Å²) in [7, 11) is 2.70. The molecule has 2 unspecified atom stereocenters. The predicted octanol–water partition coefficient (Wildman–Crippen LogP) is -0.0158. The Morgan fingerprint density at radius 1 is 0.935 bits per heavy atom. The Morgan fingerprint density at radius 3 is 1.74 bits per heavy atom. The third-order valence-electron chi connectivity index (χ3n) is 5.25. The van der Waals surface area contributed by atoms with E-state index >= 15 is 0 Å². The summed E-state index contributed by atoms with van der Waals surface area (Å²) in [4.78, 5) is 49.6. The lowest BCUT2D eigenvalue weighted by molar-refractivity contribution is -0.123. The first-order valence-corrected chi connectivity index (χ1v) is 14.0. The molecule has 2 N–H and O–H groups in total. The number of nitrogens with one attached hydrogen (secondary N) is 2. The number of Topliss-reactive ketones (excluding diaryl/α,β-unsaturated/α-hetero) is 2. The smallest absolute Gasteiger partial charge is 0.209 e. The lowest BCUT2D eigenvalue weighted by Crippen LogP contribution is -2.45. The van der Waals surface area contributed by atoms with Crippen LogP contribution in [0.1, 0.15) is 39.5 Å². The van der Waals surface area contributed by atoms with Crippen LogP contribution in [0.2, 0.25) is 0 Å². The van der Waals surface area contributed by atoms with Crippen LogP contribution in [-0.2, 0) is 49.6 Å². The minimum Gasteiger partial charge on any atom is -0.347 e. The molecule has 0 saturated heterocycles. The molecule has 12 heteroatoms. The van der Waals surface area contributed by atoms with Crippen LogP contribution in [0.5, 0.6) is 0 Å². The molecule has 0 bridgehead atoms. The van der Waals surface area contributed by atoms with E-state index in [1.165, 1.54) is 9.80 Å². The van der Waals surface area contributed by atoms with E-state index in [9.17, 15) is 19.2 Å². The second kappa shape index (κ2) is 16.9. The Labute approximate surface area is 202 Å². The zero-order valence-electron chi connectivity index (χ0n) is 18.6. The Balaban J connectivity index is 4.36. The van der Waals surface area contributed by atoms with Crippen molar-refractivity contribution in [3.8, 4) is 0 Å². The van der Waals surface area contributed by atoms with Gasteiger partial charge in [-0.3, -0.25) is 52.2 Å². The molecular formula is C19H35N4O4S4-. The lowest BCUT2D eigenvalue weighted by Gasteiger charge is -2.27. The van der Waals surface area contributed by atoms with Gasteiger partial charge in [-0.2, -0.15) is 12.6 Å². The van der Waals surface area contributed by atoms with Gasteiger partial charge in [-0.15, -0.1) is 0 Å². The molecule has 0 spiro atoms. The van der Waals surface area contributed by atoms with Crippen molar-refractivity contribution in [1.29, 1.82) is 0 Å². The van der Waals surface area contributed by atoms with Crippen LogP contribution in [-0.4, -0.2) is 90.6 Å². The highest BCUT2D eigenvalue weighted by Crippen LogP contribution is 2.08. The number of nitrogens with zero attached hydrogens (tertiary/aromatic N) is 2. The molecule has 4 atom stereocenters. The Kier molecular flexibility index (Phi) is 16.5.